The van der Waals surface area contributed by atoms with Gasteiger partial charge in [0.25, 0.3) is 0 Å². The third kappa shape index (κ3) is 1.96. The lowest BCUT2D eigenvalue weighted by molar-refractivity contribution is 0.630. The zero-order valence-electron chi connectivity index (χ0n) is 9.05. The molecule has 0 fully saturated rings. The molecule has 1 aromatic heterocycles. The number of nitrogens with zero attached hydrogens (tertiary/aromatic N) is 1. The van der Waals surface area contributed by atoms with E-state index < -0.39 is 5.82 Å². The van der Waals surface area contributed by atoms with Gasteiger partial charge in [0, 0.05) is 10.0 Å². The van der Waals surface area contributed by atoms with Crippen LogP contribution in [-0.2, 0) is 0 Å². The topological polar surface area (TPSA) is 28.7 Å². The molecule has 3 aromatic rings. The lowest BCUT2D eigenvalue weighted by atomic mass is 10.2. The fourth-order valence-corrected chi connectivity index (χ4v) is 2.12. The van der Waals surface area contributed by atoms with Gasteiger partial charge in [0.2, 0.25) is 0 Å². The Labute approximate surface area is 112 Å². The minimum absolute atomic E-state index is 0.357. The maximum absolute atomic E-state index is 13.8. The molecular weight excluding hydrogens is 274 g/mol. The largest absolute Gasteiger partial charge is 0.338 e. The predicted molar refractivity (Wildman–Crippen MR) is 71.5 cm³/mol. The van der Waals surface area contributed by atoms with Gasteiger partial charge in [-0.2, -0.15) is 0 Å². The summed E-state index contributed by atoms with van der Waals surface area (Å²) in [4.78, 5) is 7.35. The Morgan fingerprint density at radius 3 is 2.50 bits per heavy atom. The van der Waals surface area contributed by atoms with Crippen molar-refractivity contribution < 1.29 is 4.39 Å². The molecule has 2 aromatic carbocycles. The number of rotatable bonds is 1. The van der Waals surface area contributed by atoms with E-state index in [1.165, 1.54) is 6.07 Å². The SMILES string of the molecule is Fc1cc(Cl)ccc1-c1nc2ccc(Cl)cc2[nH]1. The van der Waals surface area contributed by atoms with Crippen LogP contribution in [0.5, 0.6) is 0 Å². The van der Waals surface area contributed by atoms with Gasteiger partial charge in [-0.05, 0) is 36.4 Å². The number of fused-ring (bicyclic) bond motifs is 1. The summed E-state index contributed by atoms with van der Waals surface area (Å²) in [5.74, 6) is 0.0501. The molecule has 1 heterocycles. The second-order valence-corrected chi connectivity index (χ2v) is 4.74. The smallest absolute Gasteiger partial charge is 0.141 e. The van der Waals surface area contributed by atoms with E-state index in [0.29, 0.717) is 21.4 Å². The lowest BCUT2D eigenvalue weighted by Gasteiger charge is -1.99. The summed E-state index contributed by atoms with van der Waals surface area (Å²) in [5.41, 5.74) is 1.89. The van der Waals surface area contributed by atoms with Crippen LogP contribution >= 0.6 is 23.2 Å². The van der Waals surface area contributed by atoms with Crippen LogP contribution < -0.4 is 0 Å². The first-order valence-electron chi connectivity index (χ1n) is 5.24. The third-order valence-corrected chi connectivity index (χ3v) is 3.10. The van der Waals surface area contributed by atoms with Crippen molar-refractivity contribution in [2.45, 2.75) is 0 Å². The second-order valence-electron chi connectivity index (χ2n) is 3.87. The molecule has 0 saturated carbocycles. The average molecular weight is 281 g/mol. The van der Waals surface area contributed by atoms with E-state index in [0.717, 1.165) is 11.0 Å². The first-order chi connectivity index (χ1) is 8.63. The first kappa shape index (κ1) is 11.5. The number of H-pyrrole nitrogens is 1. The van der Waals surface area contributed by atoms with Gasteiger partial charge in [0.15, 0.2) is 0 Å². The summed E-state index contributed by atoms with van der Waals surface area (Å²) in [6.07, 6.45) is 0. The predicted octanol–water partition coefficient (Wildman–Crippen LogP) is 4.68. The minimum atomic E-state index is -0.410. The van der Waals surface area contributed by atoms with Crippen LogP contribution in [0.4, 0.5) is 4.39 Å². The van der Waals surface area contributed by atoms with Crippen molar-refractivity contribution >= 4 is 34.2 Å². The Hall–Kier alpha value is -1.58. The number of benzene rings is 2. The maximum Gasteiger partial charge on any atom is 0.141 e. The number of aromatic nitrogens is 2. The molecule has 0 aliphatic carbocycles. The molecule has 2 nitrogen and oxygen atoms in total. The highest BCUT2D eigenvalue weighted by Crippen LogP contribution is 2.26. The van der Waals surface area contributed by atoms with Crippen LogP contribution in [0.25, 0.3) is 22.4 Å². The van der Waals surface area contributed by atoms with Crippen molar-refractivity contribution in [1.82, 2.24) is 9.97 Å². The molecule has 90 valence electrons. The van der Waals surface area contributed by atoms with Crippen LogP contribution in [0.3, 0.4) is 0 Å². The van der Waals surface area contributed by atoms with Crippen molar-refractivity contribution in [3.05, 3.63) is 52.3 Å². The fraction of sp³-hybridized carbons (Fsp3) is 0. The van der Waals surface area contributed by atoms with Crippen LogP contribution in [0.15, 0.2) is 36.4 Å². The van der Waals surface area contributed by atoms with Crippen LogP contribution in [-0.4, -0.2) is 9.97 Å². The fourth-order valence-electron chi connectivity index (χ4n) is 1.79. The number of hydrogen-bond donors (Lipinski definition) is 1. The summed E-state index contributed by atoms with van der Waals surface area (Å²) in [5, 5.41) is 0.963. The Kier molecular flexibility index (Phi) is 2.73. The normalized spacial score (nSPS) is 11.1. The molecule has 0 spiro atoms. The highest BCUT2D eigenvalue weighted by atomic mass is 35.5. The van der Waals surface area contributed by atoms with E-state index in [-0.39, 0.29) is 0 Å². The number of hydrogen-bond acceptors (Lipinski definition) is 1. The Morgan fingerprint density at radius 2 is 1.72 bits per heavy atom. The molecule has 0 atom stereocenters. The zero-order chi connectivity index (χ0) is 12.7. The van der Waals surface area contributed by atoms with Crippen LogP contribution in [0.2, 0.25) is 10.0 Å². The van der Waals surface area contributed by atoms with Crippen molar-refractivity contribution in [3.63, 3.8) is 0 Å². The van der Waals surface area contributed by atoms with E-state index in [1.54, 1.807) is 30.3 Å². The number of nitrogens with one attached hydrogen (secondary N) is 1. The quantitative estimate of drug-likeness (QED) is 0.689. The molecule has 3 rings (SSSR count). The molecule has 0 aliphatic heterocycles. The van der Waals surface area contributed by atoms with Gasteiger partial charge in [-0.25, -0.2) is 9.37 Å². The molecule has 18 heavy (non-hydrogen) atoms. The maximum atomic E-state index is 13.8. The van der Waals surface area contributed by atoms with Gasteiger partial charge in [0.1, 0.15) is 11.6 Å². The van der Waals surface area contributed by atoms with Crippen molar-refractivity contribution in [2.75, 3.05) is 0 Å². The van der Waals surface area contributed by atoms with Crippen LogP contribution in [0, 0.1) is 5.82 Å². The number of imidazole rings is 1. The summed E-state index contributed by atoms with van der Waals surface area (Å²) >= 11 is 11.6. The number of aromatic amines is 1. The summed E-state index contributed by atoms with van der Waals surface area (Å²) in [6, 6.07) is 9.76. The summed E-state index contributed by atoms with van der Waals surface area (Å²) in [7, 11) is 0. The van der Waals surface area contributed by atoms with E-state index in [4.69, 9.17) is 23.2 Å². The third-order valence-electron chi connectivity index (χ3n) is 2.63. The summed E-state index contributed by atoms with van der Waals surface area (Å²) in [6.45, 7) is 0. The Bertz CT molecular complexity index is 737. The van der Waals surface area contributed by atoms with Gasteiger partial charge >= 0.3 is 0 Å². The van der Waals surface area contributed by atoms with Gasteiger partial charge in [-0.15, -0.1) is 0 Å². The van der Waals surface area contributed by atoms with Crippen molar-refractivity contribution in [1.29, 1.82) is 0 Å². The van der Waals surface area contributed by atoms with E-state index >= 15 is 0 Å². The molecule has 0 unspecified atom stereocenters. The molecule has 0 bridgehead atoms. The molecule has 0 saturated heterocycles. The van der Waals surface area contributed by atoms with Gasteiger partial charge in [0.05, 0.1) is 16.6 Å². The lowest BCUT2D eigenvalue weighted by Crippen LogP contribution is -1.85. The average Bonchev–Trinajstić information content (AvgIpc) is 2.71. The van der Waals surface area contributed by atoms with Gasteiger partial charge in [-0.1, -0.05) is 23.2 Å². The van der Waals surface area contributed by atoms with E-state index in [1.807, 2.05) is 0 Å². The monoisotopic (exact) mass is 280 g/mol. The molecular formula is C13H7Cl2FN2. The summed E-state index contributed by atoms with van der Waals surface area (Å²) < 4.78 is 13.8. The Balaban J connectivity index is 2.19. The molecule has 5 heteroatoms. The van der Waals surface area contributed by atoms with Crippen molar-refractivity contribution in [3.8, 4) is 11.4 Å². The van der Waals surface area contributed by atoms with Crippen LogP contribution in [0.1, 0.15) is 0 Å². The highest BCUT2D eigenvalue weighted by Gasteiger charge is 2.10. The van der Waals surface area contributed by atoms with Gasteiger partial charge in [-0.3, -0.25) is 0 Å². The standard InChI is InChI=1S/C13H7Cl2FN2/c14-7-1-3-9(10(16)5-7)13-17-11-4-2-8(15)6-12(11)18-13/h1-6H,(H,17,18). The Morgan fingerprint density at radius 1 is 1.00 bits per heavy atom. The van der Waals surface area contributed by atoms with E-state index in [9.17, 15) is 4.39 Å². The van der Waals surface area contributed by atoms with Gasteiger partial charge < -0.3 is 4.98 Å². The second kappa shape index (κ2) is 4.26. The first-order valence-corrected chi connectivity index (χ1v) is 6.00. The molecule has 0 radical (unpaired) electrons. The van der Waals surface area contributed by atoms with E-state index in [2.05, 4.69) is 9.97 Å². The molecule has 0 aliphatic rings. The van der Waals surface area contributed by atoms with Crippen molar-refractivity contribution in [2.24, 2.45) is 0 Å². The molecule has 0 amide bonds. The number of halogens is 3. The molecule has 1 N–H and O–H groups in total. The zero-order valence-corrected chi connectivity index (χ0v) is 10.6. The minimum Gasteiger partial charge on any atom is -0.338 e. The highest BCUT2D eigenvalue weighted by molar-refractivity contribution is 6.31.